The third kappa shape index (κ3) is 3.77. The lowest BCUT2D eigenvalue weighted by atomic mass is 10.1. The predicted molar refractivity (Wildman–Crippen MR) is 115 cm³/mol. The van der Waals surface area contributed by atoms with Crippen molar-refractivity contribution in [3.8, 4) is 28.8 Å². The van der Waals surface area contributed by atoms with Crippen LogP contribution >= 0.6 is 0 Å². The fraction of sp³-hybridized carbons (Fsp3) is 0.0417. The van der Waals surface area contributed by atoms with E-state index in [0.717, 1.165) is 5.69 Å². The zero-order valence-electron chi connectivity index (χ0n) is 16.2. The van der Waals surface area contributed by atoms with Crippen LogP contribution in [0.4, 0.5) is 5.69 Å². The molecule has 6 nitrogen and oxygen atoms in total. The topological polar surface area (TPSA) is 79.9 Å². The molecule has 0 aliphatic carbocycles. The minimum absolute atomic E-state index is 0.326. The fourth-order valence-electron chi connectivity index (χ4n) is 3.16. The van der Waals surface area contributed by atoms with E-state index in [9.17, 15) is 4.79 Å². The van der Waals surface area contributed by atoms with Gasteiger partial charge in [-0.3, -0.25) is 4.79 Å². The zero-order valence-corrected chi connectivity index (χ0v) is 16.2. The number of nitrogens with zero attached hydrogens (tertiary/aromatic N) is 3. The van der Waals surface area contributed by atoms with Gasteiger partial charge in [0.05, 0.1) is 30.0 Å². The van der Waals surface area contributed by atoms with Crippen LogP contribution in [0.15, 0.2) is 85.1 Å². The van der Waals surface area contributed by atoms with Gasteiger partial charge in [-0.05, 0) is 42.5 Å². The number of carbonyl (C=O) groups is 1. The van der Waals surface area contributed by atoms with Crippen LogP contribution in [0.25, 0.3) is 16.9 Å². The highest BCUT2D eigenvalue weighted by Gasteiger charge is 2.21. The Labute approximate surface area is 174 Å². The number of nitriles is 1. The van der Waals surface area contributed by atoms with Crippen molar-refractivity contribution in [2.45, 2.75) is 0 Å². The number of para-hydroxylation sites is 2. The molecule has 0 aliphatic heterocycles. The molecule has 0 unspecified atom stereocenters. The third-order valence-electron chi connectivity index (χ3n) is 4.59. The Morgan fingerprint density at radius 3 is 2.57 bits per heavy atom. The van der Waals surface area contributed by atoms with Crippen LogP contribution in [0.1, 0.15) is 15.9 Å². The molecule has 30 heavy (non-hydrogen) atoms. The Hall–Kier alpha value is -4.37. The quantitative estimate of drug-likeness (QED) is 0.533. The smallest absolute Gasteiger partial charge is 0.259 e. The van der Waals surface area contributed by atoms with Gasteiger partial charge in [-0.2, -0.15) is 10.4 Å². The molecule has 0 atom stereocenters. The van der Waals surface area contributed by atoms with Crippen LogP contribution in [0.3, 0.4) is 0 Å². The van der Waals surface area contributed by atoms with Crippen molar-refractivity contribution in [1.82, 2.24) is 9.78 Å². The van der Waals surface area contributed by atoms with E-state index in [2.05, 4.69) is 16.5 Å². The van der Waals surface area contributed by atoms with Gasteiger partial charge in [0.15, 0.2) is 0 Å². The summed E-state index contributed by atoms with van der Waals surface area (Å²) in [5.41, 5.74) is 3.45. The summed E-state index contributed by atoms with van der Waals surface area (Å²) < 4.78 is 7.15. The van der Waals surface area contributed by atoms with Crippen molar-refractivity contribution in [3.05, 3.63) is 96.2 Å². The zero-order chi connectivity index (χ0) is 20.9. The second-order valence-corrected chi connectivity index (χ2v) is 6.52. The van der Waals surface area contributed by atoms with Crippen molar-refractivity contribution < 1.29 is 9.53 Å². The molecule has 0 aliphatic rings. The summed E-state index contributed by atoms with van der Waals surface area (Å²) in [7, 11) is 1.58. The maximum Gasteiger partial charge on any atom is 0.259 e. The van der Waals surface area contributed by atoms with Gasteiger partial charge in [-0.25, -0.2) is 4.68 Å². The average molecular weight is 394 g/mol. The van der Waals surface area contributed by atoms with Crippen LogP contribution in [0, 0.1) is 11.3 Å². The fourth-order valence-corrected chi connectivity index (χ4v) is 3.16. The monoisotopic (exact) mass is 394 g/mol. The number of carbonyl (C=O) groups excluding carboxylic acids is 1. The standard InChI is InChI=1S/C24H18N4O2/c1-30-22-13-6-5-12-20(22)23-21(16-28(27-23)19-10-3-2-4-11-19)24(29)26-18-9-7-8-17(14-18)15-25/h2-14,16H,1H3,(H,26,29). The van der Waals surface area contributed by atoms with E-state index >= 15 is 0 Å². The Morgan fingerprint density at radius 1 is 1.03 bits per heavy atom. The lowest BCUT2D eigenvalue weighted by Gasteiger charge is -2.08. The second-order valence-electron chi connectivity index (χ2n) is 6.52. The van der Waals surface area contributed by atoms with Gasteiger partial charge in [-0.1, -0.05) is 36.4 Å². The molecule has 4 aromatic rings. The number of anilines is 1. The molecule has 0 saturated heterocycles. The summed E-state index contributed by atoms with van der Waals surface area (Å²) in [5, 5.41) is 16.6. The van der Waals surface area contributed by atoms with E-state index in [0.29, 0.717) is 33.8 Å². The molecule has 0 saturated carbocycles. The van der Waals surface area contributed by atoms with Gasteiger partial charge in [-0.15, -0.1) is 0 Å². The number of methoxy groups -OCH3 is 1. The molecule has 4 rings (SSSR count). The molecule has 0 bridgehead atoms. The van der Waals surface area contributed by atoms with Gasteiger partial charge < -0.3 is 10.1 Å². The van der Waals surface area contributed by atoms with Crippen LogP contribution in [0.5, 0.6) is 5.75 Å². The van der Waals surface area contributed by atoms with E-state index in [4.69, 9.17) is 10.00 Å². The Kier molecular flexibility index (Phi) is 5.27. The Bertz CT molecular complexity index is 1240. The minimum Gasteiger partial charge on any atom is -0.496 e. The van der Waals surface area contributed by atoms with Crippen molar-refractivity contribution in [2.75, 3.05) is 12.4 Å². The molecule has 1 amide bonds. The molecule has 1 heterocycles. The van der Waals surface area contributed by atoms with Crippen molar-refractivity contribution in [2.24, 2.45) is 0 Å². The molecular formula is C24H18N4O2. The number of nitrogens with one attached hydrogen (secondary N) is 1. The average Bonchev–Trinajstić information content (AvgIpc) is 3.25. The van der Waals surface area contributed by atoms with E-state index in [1.54, 1.807) is 42.3 Å². The Morgan fingerprint density at radius 2 is 1.80 bits per heavy atom. The SMILES string of the molecule is COc1ccccc1-c1nn(-c2ccccc2)cc1C(=O)Nc1cccc(C#N)c1. The summed E-state index contributed by atoms with van der Waals surface area (Å²) >= 11 is 0. The summed E-state index contributed by atoms with van der Waals surface area (Å²) in [6.45, 7) is 0. The van der Waals surface area contributed by atoms with Crippen molar-refractivity contribution in [3.63, 3.8) is 0 Å². The first kappa shape index (κ1) is 19.0. The highest BCUT2D eigenvalue weighted by atomic mass is 16.5. The van der Waals surface area contributed by atoms with E-state index in [1.807, 2.05) is 54.6 Å². The minimum atomic E-state index is -0.326. The molecule has 0 fully saturated rings. The van der Waals surface area contributed by atoms with Crippen LogP contribution in [-0.4, -0.2) is 22.8 Å². The molecular weight excluding hydrogens is 376 g/mol. The number of aromatic nitrogens is 2. The molecule has 6 heteroatoms. The van der Waals surface area contributed by atoms with Gasteiger partial charge in [0.2, 0.25) is 0 Å². The van der Waals surface area contributed by atoms with Gasteiger partial charge in [0, 0.05) is 17.4 Å². The normalized spacial score (nSPS) is 10.3. The summed E-state index contributed by atoms with van der Waals surface area (Å²) in [6.07, 6.45) is 1.70. The molecule has 0 spiro atoms. The highest BCUT2D eigenvalue weighted by Crippen LogP contribution is 2.32. The molecule has 0 radical (unpaired) electrons. The van der Waals surface area contributed by atoms with Crippen LogP contribution in [0.2, 0.25) is 0 Å². The largest absolute Gasteiger partial charge is 0.496 e. The first-order valence-electron chi connectivity index (χ1n) is 9.29. The molecule has 146 valence electrons. The number of ether oxygens (including phenoxy) is 1. The number of hydrogen-bond donors (Lipinski definition) is 1. The summed E-state index contributed by atoms with van der Waals surface area (Å²) in [5.74, 6) is 0.296. The Balaban J connectivity index is 1.80. The first-order chi connectivity index (χ1) is 14.7. The number of benzene rings is 3. The molecule has 1 aromatic heterocycles. The summed E-state index contributed by atoms with van der Waals surface area (Å²) in [4.78, 5) is 13.2. The van der Waals surface area contributed by atoms with E-state index in [-0.39, 0.29) is 5.91 Å². The molecule has 3 aromatic carbocycles. The van der Waals surface area contributed by atoms with Gasteiger partial charge >= 0.3 is 0 Å². The maximum atomic E-state index is 13.2. The maximum absolute atomic E-state index is 13.2. The van der Waals surface area contributed by atoms with Crippen LogP contribution in [-0.2, 0) is 0 Å². The van der Waals surface area contributed by atoms with Crippen molar-refractivity contribution in [1.29, 1.82) is 5.26 Å². The van der Waals surface area contributed by atoms with Crippen molar-refractivity contribution >= 4 is 11.6 Å². The predicted octanol–water partition coefficient (Wildman–Crippen LogP) is 4.67. The lowest BCUT2D eigenvalue weighted by molar-refractivity contribution is 0.102. The van der Waals surface area contributed by atoms with E-state index < -0.39 is 0 Å². The molecule has 1 N–H and O–H groups in total. The highest BCUT2D eigenvalue weighted by molar-refractivity contribution is 6.08. The lowest BCUT2D eigenvalue weighted by Crippen LogP contribution is -2.12. The second kappa shape index (κ2) is 8.33. The first-order valence-corrected chi connectivity index (χ1v) is 9.29. The number of rotatable bonds is 5. The third-order valence-corrected chi connectivity index (χ3v) is 4.59. The van der Waals surface area contributed by atoms with E-state index in [1.165, 1.54) is 0 Å². The number of hydrogen-bond acceptors (Lipinski definition) is 4. The van der Waals surface area contributed by atoms with Gasteiger partial charge in [0.25, 0.3) is 5.91 Å². The summed E-state index contributed by atoms with van der Waals surface area (Å²) in [6, 6.07) is 25.8. The number of amides is 1. The van der Waals surface area contributed by atoms with Gasteiger partial charge in [0.1, 0.15) is 11.4 Å². The van der Waals surface area contributed by atoms with Crippen LogP contribution < -0.4 is 10.1 Å².